The molecule has 2 aliphatic heterocycles. The van der Waals surface area contributed by atoms with E-state index in [-0.39, 0.29) is 18.2 Å². The van der Waals surface area contributed by atoms with Crippen LogP contribution in [0.2, 0.25) is 0 Å². The zero-order chi connectivity index (χ0) is 28.4. The maximum atomic E-state index is 12.9. The number of piperidine rings is 1. The molecular weight excluding hydrogens is 504 g/mol. The van der Waals surface area contributed by atoms with Crippen LogP contribution in [0.5, 0.6) is 0 Å². The van der Waals surface area contributed by atoms with Crippen LogP contribution >= 0.6 is 0 Å². The number of carbonyl (C=O) groups is 4. The topological polar surface area (TPSA) is 141 Å². The fourth-order valence-corrected chi connectivity index (χ4v) is 4.21. The Bertz CT molecular complexity index is 1120. The Labute approximate surface area is 229 Å². The van der Waals surface area contributed by atoms with Crippen LogP contribution in [-0.4, -0.2) is 91.3 Å². The van der Waals surface area contributed by atoms with Gasteiger partial charge in [0.2, 0.25) is 11.8 Å². The first-order valence-electron chi connectivity index (χ1n) is 13.2. The highest BCUT2D eigenvalue weighted by Crippen LogP contribution is 2.28. The predicted octanol–water partition coefficient (Wildman–Crippen LogP) is 1.42. The Hall–Kier alpha value is -3.46. The van der Waals surface area contributed by atoms with E-state index in [4.69, 9.17) is 19.9 Å². The molecule has 0 radical (unpaired) electrons. The second-order valence-electron chi connectivity index (χ2n) is 10.3. The van der Waals surface area contributed by atoms with Crippen molar-refractivity contribution in [1.82, 2.24) is 15.1 Å². The minimum atomic E-state index is -0.654. The molecule has 11 nitrogen and oxygen atoms in total. The lowest BCUT2D eigenvalue weighted by Crippen LogP contribution is -2.52. The summed E-state index contributed by atoms with van der Waals surface area (Å²) in [5.74, 6) is 5.21. The monoisotopic (exact) mass is 542 g/mol. The Kier molecular flexibility index (Phi) is 10.9. The van der Waals surface area contributed by atoms with E-state index in [0.717, 1.165) is 11.1 Å². The van der Waals surface area contributed by atoms with E-state index in [2.05, 4.69) is 17.2 Å². The first-order chi connectivity index (χ1) is 18.6. The third-order valence-corrected chi connectivity index (χ3v) is 6.05. The summed E-state index contributed by atoms with van der Waals surface area (Å²) in [6.07, 6.45) is 0.509. The number of benzene rings is 1. The highest BCUT2D eigenvalue weighted by atomic mass is 16.6. The number of amides is 4. The molecule has 0 saturated carbocycles. The second-order valence-corrected chi connectivity index (χ2v) is 10.3. The smallest absolute Gasteiger partial charge is 0.410 e. The summed E-state index contributed by atoms with van der Waals surface area (Å²) >= 11 is 0. The maximum absolute atomic E-state index is 12.9. The third-order valence-electron chi connectivity index (χ3n) is 6.05. The molecule has 3 rings (SSSR count). The Balaban J connectivity index is 1.55. The molecule has 1 atom stereocenters. The Morgan fingerprint density at radius 2 is 1.87 bits per heavy atom. The lowest BCUT2D eigenvalue weighted by Gasteiger charge is -2.29. The van der Waals surface area contributed by atoms with E-state index in [0.29, 0.717) is 71.0 Å². The van der Waals surface area contributed by atoms with Crippen molar-refractivity contribution in [3.05, 3.63) is 34.9 Å². The number of hydrogen-bond acceptors (Lipinski definition) is 8. The second kappa shape index (κ2) is 14.1. The van der Waals surface area contributed by atoms with Crippen molar-refractivity contribution in [2.45, 2.75) is 58.2 Å². The van der Waals surface area contributed by atoms with Gasteiger partial charge >= 0.3 is 6.09 Å². The number of imide groups is 1. The number of carbonyl (C=O) groups excluding carboxylic acids is 4. The molecule has 0 spiro atoms. The van der Waals surface area contributed by atoms with E-state index in [1.54, 1.807) is 17.0 Å². The molecule has 11 heteroatoms. The number of nitrogens with zero attached hydrogens (tertiary/aromatic N) is 2. The molecule has 0 aromatic heterocycles. The number of ether oxygens (including phenoxy) is 3. The van der Waals surface area contributed by atoms with Gasteiger partial charge in [0.25, 0.3) is 5.91 Å². The van der Waals surface area contributed by atoms with Gasteiger partial charge in [0.15, 0.2) is 0 Å². The molecule has 1 saturated heterocycles. The average molecular weight is 543 g/mol. The lowest BCUT2D eigenvalue weighted by atomic mass is 10.0. The summed E-state index contributed by atoms with van der Waals surface area (Å²) < 4.78 is 16.4. The molecule has 1 fully saturated rings. The van der Waals surface area contributed by atoms with Gasteiger partial charge in [-0.1, -0.05) is 11.8 Å². The SMILES string of the molecule is CC(C)(C)OC(=O)N(CCC#Cc1ccc2c(c1)CN(C1CCC(=O)NC1=O)C2=O)CCOCCOCCN. The highest BCUT2D eigenvalue weighted by Gasteiger charge is 2.39. The fourth-order valence-electron chi connectivity index (χ4n) is 4.21. The van der Waals surface area contributed by atoms with Crippen LogP contribution in [0.25, 0.3) is 0 Å². The Morgan fingerprint density at radius 3 is 2.56 bits per heavy atom. The molecule has 212 valence electrons. The lowest BCUT2D eigenvalue weighted by molar-refractivity contribution is -0.136. The molecule has 0 aliphatic carbocycles. The number of rotatable bonds is 11. The summed E-state index contributed by atoms with van der Waals surface area (Å²) in [6, 6.07) is 4.68. The van der Waals surface area contributed by atoms with Gasteiger partial charge in [0.1, 0.15) is 11.6 Å². The van der Waals surface area contributed by atoms with E-state index < -0.39 is 23.6 Å². The minimum absolute atomic E-state index is 0.211. The Morgan fingerprint density at radius 1 is 1.13 bits per heavy atom. The highest BCUT2D eigenvalue weighted by molar-refractivity contribution is 6.05. The molecule has 0 bridgehead atoms. The van der Waals surface area contributed by atoms with Gasteiger partial charge in [-0.15, -0.1) is 0 Å². The molecule has 3 N–H and O–H groups in total. The third kappa shape index (κ3) is 9.06. The van der Waals surface area contributed by atoms with Gasteiger partial charge in [-0.25, -0.2) is 4.79 Å². The van der Waals surface area contributed by atoms with Crippen LogP contribution in [-0.2, 0) is 30.3 Å². The minimum Gasteiger partial charge on any atom is -0.444 e. The molecule has 1 unspecified atom stereocenters. The largest absolute Gasteiger partial charge is 0.444 e. The zero-order valence-electron chi connectivity index (χ0n) is 22.9. The van der Waals surface area contributed by atoms with E-state index >= 15 is 0 Å². The number of nitrogens with one attached hydrogen (secondary N) is 1. The summed E-state index contributed by atoms with van der Waals surface area (Å²) in [7, 11) is 0. The van der Waals surface area contributed by atoms with Gasteiger partial charge in [-0.05, 0) is 51.0 Å². The molecule has 4 amide bonds. The summed E-state index contributed by atoms with van der Waals surface area (Å²) in [5.41, 5.74) is 6.82. The molecule has 1 aromatic carbocycles. The van der Waals surface area contributed by atoms with Gasteiger partial charge in [0, 0.05) is 50.1 Å². The van der Waals surface area contributed by atoms with E-state index in [9.17, 15) is 19.2 Å². The van der Waals surface area contributed by atoms with Crippen molar-refractivity contribution in [3.63, 3.8) is 0 Å². The van der Waals surface area contributed by atoms with Crippen molar-refractivity contribution in [2.24, 2.45) is 5.73 Å². The van der Waals surface area contributed by atoms with Crippen LogP contribution in [0, 0.1) is 11.8 Å². The maximum Gasteiger partial charge on any atom is 0.410 e. The average Bonchev–Trinajstić information content (AvgIpc) is 3.19. The van der Waals surface area contributed by atoms with E-state index in [1.807, 2.05) is 26.8 Å². The summed E-state index contributed by atoms with van der Waals surface area (Å²) in [6.45, 7) is 8.56. The van der Waals surface area contributed by atoms with Crippen molar-refractivity contribution >= 4 is 23.8 Å². The first kappa shape index (κ1) is 30.1. The van der Waals surface area contributed by atoms with Gasteiger partial charge < -0.3 is 29.7 Å². The van der Waals surface area contributed by atoms with Crippen LogP contribution in [0.1, 0.15) is 61.5 Å². The summed E-state index contributed by atoms with van der Waals surface area (Å²) in [5, 5.41) is 2.31. The van der Waals surface area contributed by atoms with Crippen LogP contribution < -0.4 is 11.1 Å². The van der Waals surface area contributed by atoms with Gasteiger partial charge in [-0.2, -0.15) is 0 Å². The van der Waals surface area contributed by atoms with Crippen LogP contribution in [0.4, 0.5) is 4.79 Å². The predicted molar refractivity (Wildman–Crippen MR) is 142 cm³/mol. The number of fused-ring (bicyclic) bond motifs is 1. The fraction of sp³-hybridized carbons (Fsp3) is 0.571. The molecular formula is C28H38N4O7. The van der Waals surface area contributed by atoms with Crippen LogP contribution in [0.3, 0.4) is 0 Å². The molecule has 2 aliphatic rings. The van der Waals surface area contributed by atoms with Crippen molar-refractivity contribution in [2.75, 3.05) is 46.1 Å². The van der Waals surface area contributed by atoms with E-state index in [1.165, 1.54) is 4.90 Å². The standard InChI is InChI=1S/C28H38N4O7/c1-28(2,3)39-27(36)31(13-15-38-17-16-37-14-11-29)12-5-4-6-20-7-8-22-21(18-20)19-32(26(22)35)23-9-10-24(33)30-25(23)34/h7-8,18,23H,5,9-17,19,29H2,1-3H3,(H,30,33,34). The van der Waals surface area contributed by atoms with Crippen molar-refractivity contribution < 1.29 is 33.4 Å². The quantitative estimate of drug-likeness (QED) is 0.243. The zero-order valence-corrected chi connectivity index (χ0v) is 22.9. The molecule has 2 heterocycles. The number of nitrogens with two attached hydrogens (primary N) is 1. The molecule has 39 heavy (non-hydrogen) atoms. The first-order valence-corrected chi connectivity index (χ1v) is 13.2. The van der Waals surface area contributed by atoms with Gasteiger partial charge in [0.05, 0.1) is 26.4 Å². The van der Waals surface area contributed by atoms with Gasteiger partial charge in [-0.3, -0.25) is 19.7 Å². The van der Waals surface area contributed by atoms with Crippen LogP contribution in [0.15, 0.2) is 18.2 Å². The molecule has 1 aromatic rings. The van der Waals surface area contributed by atoms with Crippen molar-refractivity contribution in [1.29, 1.82) is 0 Å². The summed E-state index contributed by atoms with van der Waals surface area (Å²) in [4.78, 5) is 52.3. The number of hydrogen-bond donors (Lipinski definition) is 2. The van der Waals surface area contributed by atoms with Crippen molar-refractivity contribution in [3.8, 4) is 11.8 Å². The normalized spacial score (nSPS) is 16.9.